The van der Waals surface area contributed by atoms with Gasteiger partial charge in [0.25, 0.3) is 0 Å². The number of nitrogens with zero attached hydrogens (tertiary/aromatic N) is 2. The molecule has 0 bridgehead atoms. The molecule has 1 aromatic carbocycles. The molecule has 60 valence electrons. The van der Waals surface area contributed by atoms with Gasteiger partial charge in [-0.05, 0) is 12.1 Å². The van der Waals surface area contributed by atoms with E-state index in [-0.39, 0.29) is 5.75 Å². The molecule has 0 spiro atoms. The lowest BCUT2D eigenvalue weighted by Gasteiger charge is -1.89. The standard InChI is InChI=1S/C7H5N3OS/c8-10-7-9-6-4(11)2-1-3-5(6)12-7/h1-3,8,11H. The monoisotopic (exact) mass is 179 g/mol. The molecule has 0 aliphatic carbocycles. The average molecular weight is 179 g/mol. The van der Waals surface area contributed by atoms with Gasteiger partial charge in [0.15, 0.2) is 0 Å². The van der Waals surface area contributed by atoms with E-state index in [1.165, 1.54) is 11.3 Å². The van der Waals surface area contributed by atoms with E-state index in [0.717, 1.165) is 4.70 Å². The minimum Gasteiger partial charge on any atom is -0.506 e. The topological polar surface area (TPSA) is 69.3 Å². The maximum absolute atomic E-state index is 9.32. The number of aromatic hydroxyl groups is 1. The first-order valence-corrected chi connectivity index (χ1v) is 4.09. The Hall–Kier alpha value is -1.49. The predicted octanol–water partition coefficient (Wildman–Crippen LogP) is 2.66. The summed E-state index contributed by atoms with van der Waals surface area (Å²) in [6, 6.07) is 5.14. The van der Waals surface area contributed by atoms with E-state index in [4.69, 9.17) is 5.53 Å². The van der Waals surface area contributed by atoms with Crippen LogP contribution < -0.4 is 0 Å². The van der Waals surface area contributed by atoms with Crippen molar-refractivity contribution in [2.75, 3.05) is 0 Å². The molecule has 12 heavy (non-hydrogen) atoms. The first kappa shape index (κ1) is 7.17. The van der Waals surface area contributed by atoms with Crippen molar-refractivity contribution in [3.63, 3.8) is 0 Å². The summed E-state index contributed by atoms with van der Waals surface area (Å²) in [6.45, 7) is 0. The van der Waals surface area contributed by atoms with Gasteiger partial charge < -0.3 is 5.11 Å². The second-order valence-corrected chi connectivity index (χ2v) is 3.24. The Morgan fingerprint density at radius 2 is 2.33 bits per heavy atom. The lowest BCUT2D eigenvalue weighted by Crippen LogP contribution is -1.67. The fraction of sp³-hybridized carbons (Fsp3) is 0. The number of aromatic nitrogens is 1. The van der Waals surface area contributed by atoms with Crippen molar-refractivity contribution in [2.24, 2.45) is 5.11 Å². The molecule has 0 saturated heterocycles. The van der Waals surface area contributed by atoms with E-state index >= 15 is 0 Å². The van der Waals surface area contributed by atoms with Crippen LogP contribution in [0.1, 0.15) is 0 Å². The van der Waals surface area contributed by atoms with Crippen LogP contribution in [0.15, 0.2) is 23.3 Å². The third-order valence-corrected chi connectivity index (χ3v) is 2.40. The van der Waals surface area contributed by atoms with E-state index in [9.17, 15) is 5.11 Å². The summed E-state index contributed by atoms with van der Waals surface area (Å²) in [5.74, 6) is 0.138. The van der Waals surface area contributed by atoms with Gasteiger partial charge in [-0.15, -0.1) is 5.11 Å². The van der Waals surface area contributed by atoms with E-state index in [0.29, 0.717) is 10.6 Å². The molecule has 4 nitrogen and oxygen atoms in total. The van der Waals surface area contributed by atoms with Gasteiger partial charge in [0.05, 0.1) is 4.70 Å². The molecule has 0 radical (unpaired) electrons. The summed E-state index contributed by atoms with van der Waals surface area (Å²) in [5, 5.41) is 12.9. The molecule has 0 unspecified atom stereocenters. The highest BCUT2D eigenvalue weighted by Crippen LogP contribution is 2.32. The summed E-state index contributed by atoms with van der Waals surface area (Å²) in [4.78, 5) is 3.95. The van der Waals surface area contributed by atoms with Crippen molar-refractivity contribution in [3.05, 3.63) is 18.2 Å². The second-order valence-electron chi connectivity index (χ2n) is 2.23. The molecular formula is C7H5N3OS. The Kier molecular flexibility index (Phi) is 1.51. The zero-order valence-electron chi connectivity index (χ0n) is 5.98. The van der Waals surface area contributed by atoms with Crippen LogP contribution in [0, 0.1) is 5.53 Å². The Labute approximate surface area is 72.0 Å². The van der Waals surface area contributed by atoms with Crippen LogP contribution in [0.3, 0.4) is 0 Å². The summed E-state index contributed by atoms with van der Waals surface area (Å²) in [5.41, 5.74) is 7.26. The van der Waals surface area contributed by atoms with Crippen LogP contribution >= 0.6 is 11.3 Å². The molecule has 2 aromatic rings. The number of thiazole rings is 1. The van der Waals surface area contributed by atoms with Crippen molar-refractivity contribution < 1.29 is 5.11 Å². The smallest absolute Gasteiger partial charge is 0.230 e. The number of para-hydroxylation sites is 1. The third-order valence-electron chi connectivity index (χ3n) is 1.48. The minimum atomic E-state index is 0.138. The quantitative estimate of drug-likeness (QED) is 0.660. The Morgan fingerprint density at radius 3 is 3.00 bits per heavy atom. The molecule has 0 saturated carbocycles. The first-order valence-electron chi connectivity index (χ1n) is 3.27. The number of phenols is 1. The molecule has 0 amide bonds. The SMILES string of the molecule is N=Nc1nc2c(O)cccc2s1. The van der Waals surface area contributed by atoms with Gasteiger partial charge in [-0.2, -0.15) is 0 Å². The molecule has 0 atom stereocenters. The van der Waals surface area contributed by atoms with Crippen LogP contribution in [0.5, 0.6) is 5.75 Å². The molecule has 1 heterocycles. The number of hydrogen-bond acceptors (Lipinski definition) is 5. The molecule has 0 aliphatic rings. The van der Waals surface area contributed by atoms with Gasteiger partial charge in [0.1, 0.15) is 11.3 Å². The first-order chi connectivity index (χ1) is 5.81. The number of phenolic OH excluding ortho intramolecular Hbond substituents is 1. The second kappa shape index (κ2) is 2.53. The third kappa shape index (κ3) is 0.947. The van der Waals surface area contributed by atoms with Crippen LogP contribution in [-0.4, -0.2) is 10.1 Å². The summed E-state index contributed by atoms with van der Waals surface area (Å²) >= 11 is 1.29. The van der Waals surface area contributed by atoms with Crippen LogP contribution in [0.4, 0.5) is 5.13 Å². The van der Waals surface area contributed by atoms with Crippen molar-refractivity contribution in [2.45, 2.75) is 0 Å². The highest BCUT2D eigenvalue weighted by atomic mass is 32.1. The highest BCUT2D eigenvalue weighted by Gasteiger charge is 2.05. The van der Waals surface area contributed by atoms with Crippen molar-refractivity contribution in [1.82, 2.24) is 4.98 Å². The number of fused-ring (bicyclic) bond motifs is 1. The molecule has 2 N–H and O–H groups in total. The predicted molar refractivity (Wildman–Crippen MR) is 46.1 cm³/mol. The highest BCUT2D eigenvalue weighted by molar-refractivity contribution is 7.21. The maximum Gasteiger partial charge on any atom is 0.230 e. The number of benzene rings is 1. The summed E-state index contributed by atoms with van der Waals surface area (Å²) in [7, 11) is 0. The van der Waals surface area contributed by atoms with Crippen LogP contribution in [-0.2, 0) is 0 Å². The Bertz CT molecular complexity index is 437. The lowest BCUT2D eigenvalue weighted by atomic mass is 10.3. The average Bonchev–Trinajstić information content (AvgIpc) is 2.49. The summed E-state index contributed by atoms with van der Waals surface area (Å²) in [6.07, 6.45) is 0. The Balaban J connectivity index is 2.82. The molecular weight excluding hydrogens is 174 g/mol. The molecule has 0 aliphatic heterocycles. The number of hydrogen-bond donors (Lipinski definition) is 2. The van der Waals surface area contributed by atoms with Crippen LogP contribution in [0.2, 0.25) is 0 Å². The van der Waals surface area contributed by atoms with Gasteiger partial charge in [0, 0.05) is 0 Å². The minimum absolute atomic E-state index is 0.138. The van der Waals surface area contributed by atoms with E-state index < -0.39 is 0 Å². The normalized spacial score (nSPS) is 10.3. The largest absolute Gasteiger partial charge is 0.506 e. The van der Waals surface area contributed by atoms with Crippen molar-refractivity contribution >= 4 is 26.7 Å². The number of nitrogens with one attached hydrogen (secondary N) is 1. The van der Waals surface area contributed by atoms with Crippen LogP contribution in [0.25, 0.3) is 10.2 Å². The molecule has 2 rings (SSSR count). The van der Waals surface area contributed by atoms with Crippen molar-refractivity contribution in [3.8, 4) is 5.75 Å². The fourth-order valence-corrected chi connectivity index (χ4v) is 1.74. The van der Waals surface area contributed by atoms with Gasteiger partial charge in [0.2, 0.25) is 5.13 Å². The van der Waals surface area contributed by atoms with Crippen molar-refractivity contribution in [1.29, 1.82) is 5.53 Å². The number of rotatable bonds is 1. The Morgan fingerprint density at radius 1 is 1.50 bits per heavy atom. The van der Waals surface area contributed by atoms with E-state index in [2.05, 4.69) is 10.1 Å². The lowest BCUT2D eigenvalue weighted by molar-refractivity contribution is 0.480. The van der Waals surface area contributed by atoms with Gasteiger partial charge >= 0.3 is 0 Å². The van der Waals surface area contributed by atoms with Gasteiger partial charge in [-0.25, -0.2) is 10.5 Å². The van der Waals surface area contributed by atoms with E-state index in [1.807, 2.05) is 6.07 Å². The van der Waals surface area contributed by atoms with Gasteiger partial charge in [-0.1, -0.05) is 17.4 Å². The molecule has 0 fully saturated rings. The van der Waals surface area contributed by atoms with E-state index in [1.54, 1.807) is 12.1 Å². The fourth-order valence-electron chi connectivity index (χ4n) is 0.970. The molecule has 1 aromatic heterocycles. The zero-order chi connectivity index (χ0) is 8.55. The zero-order valence-corrected chi connectivity index (χ0v) is 6.80. The maximum atomic E-state index is 9.32. The molecule has 5 heteroatoms. The van der Waals surface area contributed by atoms with Gasteiger partial charge in [-0.3, -0.25) is 0 Å². The summed E-state index contributed by atoms with van der Waals surface area (Å²) < 4.78 is 0.848.